The summed E-state index contributed by atoms with van der Waals surface area (Å²) in [6, 6.07) is 1.71. The van der Waals surface area contributed by atoms with Crippen LogP contribution in [0.4, 0.5) is 0 Å². The maximum absolute atomic E-state index is 11.6. The molecule has 3 heteroatoms. The molecule has 3 nitrogen and oxygen atoms in total. The van der Waals surface area contributed by atoms with Crippen LogP contribution in [0.25, 0.3) is 0 Å². The van der Waals surface area contributed by atoms with Gasteiger partial charge < -0.3 is 0 Å². The lowest BCUT2D eigenvalue weighted by molar-refractivity contribution is 0.0989. The SMILES string of the molecule is Cn1nccc1C(=O)CC#CC(C)(C)C. The first-order chi connectivity index (χ1) is 6.90. The zero-order chi connectivity index (χ0) is 11.5. The van der Waals surface area contributed by atoms with Crippen molar-refractivity contribution in [1.29, 1.82) is 0 Å². The summed E-state index contributed by atoms with van der Waals surface area (Å²) in [5.41, 5.74) is 0.561. The number of carbonyl (C=O) groups is 1. The van der Waals surface area contributed by atoms with Gasteiger partial charge in [-0.2, -0.15) is 5.10 Å². The van der Waals surface area contributed by atoms with Crippen molar-refractivity contribution in [2.45, 2.75) is 27.2 Å². The maximum atomic E-state index is 11.6. The molecule has 1 rings (SSSR count). The molecular formula is C12H16N2O. The molecule has 0 aromatic carbocycles. The van der Waals surface area contributed by atoms with Crippen LogP contribution in [0.3, 0.4) is 0 Å². The molecule has 0 aliphatic heterocycles. The molecule has 1 heterocycles. The Bertz CT molecular complexity index is 413. The number of ketones is 1. The van der Waals surface area contributed by atoms with Crippen molar-refractivity contribution in [3.05, 3.63) is 18.0 Å². The molecule has 0 amide bonds. The largest absolute Gasteiger partial charge is 0.291 e. The van der Waals surface area contributed by atoms with Gasteiger partial charge in [0.05, 0.1) is 6.42 Å². The molecule has 0 saturated heterocycles. The first-order valence-corrected chi connectivity index (χ1v) is 4.91. The summed E-state index contributed by atoms with van der Waals surface area (Å²) in [5, 5.41) is 3.94. The van der Waals surface area contributed by atoms with Crippen molar-refractivity contribution in [2.75, 3.05) is 0 Å². The van der Waals surface area contributed by atoms with Gasteiger partial charge in [-0.25, -0.2) is 0 Å². The highest BCUT2D eigenvalue weighted by Crippen LogP contribution is 2.10. The Labute approximate surface area is 90.5 Å². The van der Waals surface area contributed by atoms with Crippen LogP contribution < -0.4 is 0 Å². The molecule has 1 aromatic heterocycles. The molecule has 15 heavy (non-hydrogen) atoms. The molecule has 0 fully saturated rings. The van der Waals surface area contributed by atoms with E-state index in [1.165, 1.54) is 0 Å². The van der Waals surface area contributed by atoms with E-state index in [4.69, 9.17) is 0 Å². The van der Waals surface area contributed by atoms with Gasteiger partial charge in [0, 0.05) is 18.7 Å². The molecule has 0 N–H and O–H groups in total. The van der Waals surface area contributed by atoms with E-state index in [1.807, 2.05) is 20.8 Å². The third-order valence-electron chi connectivity index (χ3n) is 1.82. The fourth-order valence-electron chi connectivity index (χ4n) is 1.13. The molecule has 0 spiro atoms. The molecule has 0 saturated carbocycles. The molecule has 0 bridgehead atoms. The number of nitrogens with zero attached hydrogens (tertiary/aromatic N) is 2. The molecule has 0 atom stereocenters. The molecule has 0 aliphatic carbocycles. The summed E-state index contributed by atoms with van der Waals surface area (Å²) >= 11 is 0. The van der Waals surface area contributed by atoms with Crippen LogP contribution in [-0.2, 0) is 7.05 Å². The lowest BCUT2D eigenvalue weighted by Gasteiger charge is -2.06. The van der Waals surface area contributed by atoms with Crippen LogP contribution in [0.5, 0.6) is 0 Å². The Morgan fingerprint density at radius 2 is 2.20 bits per heavy atom. The topological polar surface area (TPSA) is 34.9 Å². The van der Waals surface area contributed by atoms with Crippen LogP contribution in [0, 0.1) is 17.3 Å². The second-order valence-corrected chi connectivity index (χ2v) is 4.49. The second-order valence-electron chi connectivity index (χ2n) is 4.49. The number of aromatic nitrogens is 2. The Hall–Kier alpha value is -1.56. The molecule has 0 aliphatic rings. The predicted molar refractivity (Wildman–Crippen MR) is 59.4 cm³/mol. The summed E-state index contributed by atoms with van der Waals surface area (Å²) < 4.78 is 1.57. The van der Waals surface area contributed by atoms with Gasteiger partial charge in [-0.05, 0) is 26.8 Å². The Balaban J connectivity index is 2.65. The lowest BCUT2D eigenvalue weighted by atomic mass is 9.97. The van der Waals surface area contributed by atoms with Crippen molar-refractivity contribution in [3.63, 3.8) is 0 Å². The highest BCUT2D eigenvalue weighted by atomic mass is 16.1. The van der Waals surface area contributed by atoms with Crippen LogP contribution >= 0.6 is 0 Å². The Morgan fingerprint density at radius 3 is 2.67 bits per heavy atom. The van der Waals surface area contributed by atoms with Gasteiger partial charge in [0.15, 0.2) is 5.78 Å². The molecule has 80 valence electrons. The average molecular weight is 204 g/mol. The van der Waals surface area contributed by atoms with Gasteiger partial charge >= 0.3 is 0 Å². The van der Waals surface area contributed by atoms with Crippen LogP contribution in [0.1, 0.15) is 37.7 Å². The standard InChI is InChI=1S/C12H16N2O/c1-12(2,3)8-5-6-11(15)10-7-9-13-14(10)4/h7,9H,6H2,1-4H3. The summed E-state index contributed by atoms with van der Waals surface area (Å²) in [6.45, 7) is 6.07. The molecule has 0 unspecified atom stereocenters. The summed E-state index contributed by atoms with van der Waals surface area (Å²) in [6.07, 6.45) is 1.88. The Kier molecular flexibility index (Phi) is 3.31. The minimum absolute atomic E-state index is 0.0201. The van der Waals surface area contributed by atoms with Gasteiger partial charge in [-0.15, -0.1) is 0 Å². The van der Waals surface area contributed by atoms with E-state index in [9.17, 15) is 4.79 Å². The van der Waals surface area contributed by atoms with E-state index < -0.39 is 0 Å². The predicted octanol–water partition coefficient (Wildman–Crippen LogP) is 2.04. The van der Waals surface area contributed by atoms with E-state index >= 15 is 0 Å². The van der Waals surface area contributed by atoms with E-state index in [0.29, 0.717) is 5.69 Å². The number of hydrogen-bond donors (Lipinski definition) is 0. The van der Waals surface area contributed by atoms with Crippen LogP contribution in [0.15, 0.2) is 12.3 Å². The first kappa shape index (κ1) is 11.5. The fraction of sp³-hybridized carbons (Fsp3) is 0.500. The summed E-state index contributed by atoms with van der Waals surface area (Å²) in [7, 11) is 1.75. The lowest BCUT2D eigenvalue weighted by Crippen LogP contribution is -2.06. The zero-order valence-corrected chi connectivity index (χ0v) is 9.66. The zero-order valence-electron chi connectivity index (χ0n) is 9.66. The summed E-state index contributed by atoms with van der Waals surface area (Å²) in [5.74, 6) is 5.95. The normalized spacial score (nSPS) is 10.7. The molecule has 0 radical (unpaired) electrons. The number of carbonyl (C=O) groups excluding carboxylic acids is 1. The second kappa shape index (κ2) is 4.31. The molecule has 1 aromatic rings. The van der Waals surface area contributed by atoms with Crippen LogP contribution in [-0.4, -0.2) is 15.6 Å². The van der Waals surface area contributed by atoms with Crippen molar-refractivity contribution in [2.24, 2.45) is 12.5 Å². The number of Topliss-reactive ketones (excluding diaryl/α,β-unsaturated/α-hetero) is 1. The third kappa shape index (κ3) is 3.59. The quantitative estimate of drug-likeness (QED) is 0.546. The van der Waals surface area contributed by atoms with E-state index in [1.54, 1.807) is 24.0 Å². The van der Waals surface area contributed by atoms with Gasteiger partial charge in [0.25, 0.3) is 0 Å². The highest BCUT2D eigenvalue weighted by molar-refractivity contribution is 5.95. The van der Waals surface area contributed by atoms with E-state index in [2.05, 4.69) is 16.9 Å². The average Bonchev–Trinajstić information content (AvgIpc) is 2.48. The highest BCUT2D eigenvalue weighted by Gasteiger charge is 2.08. The number of rotatable bonds is 2. The minimum Gasteiger partial charge on any atom is -0.291 e. The third-order valence-corrected chi connectivity index (χ3v) is 1.82. The number of aryl methyl sites for hydroxylation is 1. The van der Waals surface area contributed by atoms with Crippen molar-refractivity contribution in [1.82, 2.24) is 9.78 Å². The summed E-state index contributed by atoms with van der Waals surface area (Å²) in [4.78, 5) is 11.6. The van der Waals surface area contributed by atoms with Crippen LogP contribution in [0.2, 0.25) is 0 Å². The van der Waals surface area contributed by atoms with Crippen molar-refractivity contribution < 1.29 is 4.79 Å². The first-order valence-electron chi connectivity index (χ1n) is 4.91. The van der Waals surface area contributed by atoms with Gasteiger partial charge in [-0.3, -0.25) is 9.48 Å². The van der Waals surface area contributed by atoms with Gasteiger partial charge in [0.2, 0.25) is 0 Å². The molecular weight excluding hydrogens is 188 g/mol. The monoisotopic (exact) mass is 204 g/mol. The van der Waals surface area contributed by atoms with E-state index in [0.717, 1.165) is 0 Å². The van der Waals surface area contributed by atoms with Crippen molar-refractivity contribution in [3.8, 4) is 11.8 Å². The fourth-order valence-corrected chi connectivity index (χ4v) is 1.13. The smallest absolute Gasteiger partial charge is 0.192 e. The minimum atomic E-state index is -0.0489. The Morgan fingerprint density at radius 1 is 1.53 bits per heavy atom. The van der Waals surface area contributed by atoms with Gasteiger partial charge in [-0.1, -0.05) is 11.8 Å². The maximum Gasteiger partial charge on any atom is 0.192 e. The van der Waals surface area contributed by atoms with Crippen molar-refractivity contribution >= 4 is 5.78 Å². The number of hydrogen-bond acceptors (Lipinski definition) is 2. The van der Waals surface area contributed by atoms with E-state index in [-0.39, 0.29) is 17.6 Å². The van der Waals surface area contributed by atoms with Gasteiger partial charge in [0.1, 0.15) is 5.69 Å².